The molecule has 1 nitrogen and oxygen atoms in total. The highest BCUT2D eigenvalue weighted by atomic mass is 14.9. The molecule has 0 aliphatic carbocycles. The first-order chi connectivity index (χ1) is 10.3. The van der Waals surface area contributed by atoms with Crippen molar-refractivity contribution in [3.63, 3.8) is 0 Å². The van der Waals surface area contributed by atoms with Crippen molar-refractivity contribution < 1.29 is 0 Å². The molecule has 1 atom stereocenters. The lowest BCUT2D eigenvalue weighted by Gasteiger charge is -2.24. The van der Waals surface area contributed by atoms with Crippen LogP contribution in [0.15, 0.2) is 30.3 Å². The molecular weight excluding hydrogens is 254 g/mol. The molecule has 0 saturated carbocycles. The van der Waals surface area contributed by atoms with Crippen LogP contribution in [0.1, 0.15) is 77.7 Å². The Hall–Kier alpha value is -0.820. The lowest BCUT2D eigenvalue weighted by molar-refractivity contribution is 0.378. The van der Waals surface area contributed by atoms with Gasteiger partial charge in [0.15, 0.2) is 0 Å². The molecule has 0 radical (unpaired) electrons. The molecule has 1 aromatic rings. The molecule has 0 spiro atoms. The maximum Gasteiger partial charge on any atom is 0.00817 e. The summed E-state index contributed by atoms with van der Waals surface area (Å²) in [6, 6.07) is 12.1. The van der Waals surface area contributed by atoms with Crippen LogP contribution < -0.4 is 5.32 Å². The number of hydrogen-bond acceptors (Lipinski definition) is 1. The molecule has 0 aliphatic rings. The molecular formula is C20H35N. The van der Waals surface area contributed by atoms with E-state index < -0.39 is 0 Å². The summed E-state index contributed by atoms with van der Waals surface area (Å²) in [5.74, 6) is 0. The average molecular weight is 290 g/mol. The molecule has 1 N–H and O–H groups in total. The molecule has 1 heteroatoms. The third-order valence-corrected chi connectivity index (χ3v) is 4.22. The number of rotatable bonds is 12. The minimum atomic E-state index is 0.570. The van der Waals surface area contributed by atoms with Gasteiger partial charge in [0.1, 0.15) is 0 Å². The van der Waals surface area contributed by atoms with Gasteiger partial charge >= 0.3 is 0 Å². The van der Waals surface area contributed by atoms with Crippen LogP contribution in [-0.4, -0.2) is 12.1 Å². The van der Waals surface area contributed by atoms with Crippen LogP contribution in [0.25, 0.3) is 0 Å². The van der Waals surface area contributed by atoms with E-state index in [1.807, 2.05) is 0 Å². The Balaban J connectivity index is 2.37. The van der Waals surface area contributed by atoms with E-state index in [-0.39, 0.29) is 0 Å². The highest BCUT2D eigenvalue weighted by Gasteiger charge is 2.12. The Labute approximate surface area is 132 Å². The van der Waals surface area contributed by atoms with E-state index in [4.69, 9.17) is 0 Å². The van der Waals surface area contributed by atoms with E-state index in [0.29, 0.717) is 12.1 Å². The average Bonchev–Trinajstić information content (AvgIpc) is 2.48. The van der Waals surface area contributed by atoms with Gasteiger partial charge in [-0.25, -0.2) is 0 Å². The topological polar surface area (TPSA) is 12.0 Å². The van der Waals surface area contributed by atoms with Gasteiger partial charge < -0.3 is 5.32 Å². The predicted molar refractivity (Wildman–Crippen MR) is 94.8 cm³/mol. The summed E-state index contributed by atoms with van der Waals surface area (Å²) < 4.78 is 0. The second-order valence-corrected chi connectivity index (χ2v) is 6.45. The van der Waals surface area contributed by atoms with Crippen LogP contribution in [-0.2, 0) is 6.42 Å². The van der Waals surface area contributed by atoms with Crippen LogP contribution in [0.4, 0.5) is 0 Å². The SMILES string of the molecule is CCCCCC(CCCCC)NC(C)Cc1ccccc1. The molecule has 0 bridgehead atoms. The van der Waals surface area contributed by atoms with Crippen molar-refractivity contribution in [2.45, 2.75) is 90.6 Å². The highest BCUT2D eigenvalue weighted by Crippen LogP contribution is 2.13. The molecule has 0 heterocycles. The van der Waals surface area contributed by atoms with Crippen LogP contribution >= 0.6 is 0 Å². The lowest BCUT2D eigenvalue weighted by atomic mass is 9.99. The van der Waals surface area contributed by atoms with Gasteiger partial charge in [-0.3, -0.25) is 0 Å². The normalized spacial score (nSPS) is 12.8. The standard InChI is InChI=1S/C20H35N/c1-4-6-9-15-20(16-10-7-5-2)21-18(3)17-19-13-11-8-12-14-19/h8,11-14,18,20-21H,4-7,9-10,15-17H2,1-3H3. The van der Waals surface area contributed by atoms with E-state index >= 15 is 0 Å². The zero-order chi connectivity index (χ0) is 15.3. The maximum atomic E-state index is 3.88. The Morgan fingerprint density at radius 1 is 0.857 bits per heavy atom. The molecule has 120 valence electrons. The summed E-state index contributed by atoms with van der Waals surface area (Å²) in [5, 5.41) is 3.88. The summed E-state index contributed by atoms with van der Waals surface area (Å²) in [7, 11) is 0. The quantitative estimate of drug-likeness (QED) is 0.484. The van der Waals surface area contributed by atoms with Crippen molar-refractivity contribution >= 4 is 0 Å². The van der Waals surface area contributed by atoms with Gasteiger partial charge in [-0.2, -0.15) is 0 Å². The van der Waals surface area contributed by atoms with E-state index in [1.54, 1.807) is 0 Å². The molecule has 1 unspecified atom stereocenters. The smallest absolute Gasteiger partial charge is 0.00817 e. The van der Waals surface area contributed by atoms with E-state index in [9.17, 15) is 0 Å². The summed E-state index contributed by atoms with van der Waals surface area (Å²) in [4.78, 5) is 0. The summed E-state index contributed by atoms with van der Waals surface area (Å²) in [6.45, 7) is 6.91. The first-order valence-corrected chi connectivity index (χ1v) is 9.06. The van der Waals surface area contributed by atoms with E-state index in [1.165, 1.54) is 56.9 Å². The molecule has 0 saturated heterocycles. The van der Waals surface area contributed by atoms with E-state index in [2.05, 4.69) is 56.4 Å². The monoisotopic (exact) mass is 289 g/mol. The Morgan fingerprint density at radius 3 is 1.95 bits per heavy atom. The second kappa shape index (κ2) is 11.8. The summed E-state index contributed by atoms with van der Waals surface area (Å²) in [6.07, 6.45) is 12.0. The molecule has 0 fully saturated rings. The predicted octanol–water partition coefficient (Wildman–Crippen LogP) is 5.74. The largest absolute Gasteiger partial charge is 0.311 e. The maximum absolute atomic E-state index is 3.88. The van der Waals surface area contributed by atoms with Crippen LogP contribution in [0.5, 0.6) is 0 Å². The van der Waals surface area contributed by atoms with Gasteiger partial charge in [0.2, 0.25) is 0 Å². The second-order valence-electron chi connectivity index (χ2n) is 6.45. The fourth-order valence-electron chi connectivity index (χ4n) is 3.02. The molecule has 0 amide bonds. The molecule has 0 aromatic heterocycles. The summed E-state index contributed by atoms with van der Waals surface area (Å²) >= 11 is 0. The van der Waals surface area contributed by atoms with Gasteiger partial charge in [0.25, 0.3) is 0 Å². The van der Waals surface area contributed by atoms with E-state index in [0.717, 1.165) is 6.42 Å². The highest BCUT2D eigenvalue weighted by molar-refractivity contribution is 5.15. The molecule has 1 aromatic carbocycles. The van der Waals surface area contributed by atoms with Crippen molar-refractivity contribution in [3.05, 3.63) is 35.9 Å². The van der Waals surface area contributed by atoms with Gasteiger partial charge in [0, 0.05) is 12.1 Å². The van der Waals surface area contributed by atoms with Crippen molar-refractivity contribution in [3.8, 4) is 0 Å². The lowest BCUT2D eigenvalue weighted by Crippen LogP contribution is -2.37. The zero-order valence-corrected chi connectivity index (χ0v) is 14.4. The van der Waals surface area contributed by atoms with Crippen molar-refractivity contribution in [2.24, 2.45) is 0 Å². The Morgan fingerprint density at radius 2 is 1.43 bits per heavy atom. The molecule has 21 heavy (non-hydrogen) atoms. The number of hydrogen-bond donors (Lipinski definition) is 1. The third kappa shape index (κ3) is 8.93. The molecule has 0 aliphatic heterocycles. The van der Waals surface area contributed by atoms with Crippen molar-refractivity contribution in [2.75, 3.05) is 0 Å². The van der Waals surface area contributed by atoms with Gasteiger partial charge in [-0.1, -0.05) is 82.7 Å². The summed E-state index contributed by atoms with van der Waals surface area (Å²) in [5.41, 5.74) is 1.44. The van der Waals surface area contributed by atoms with Crippen molar-refractivity contribution in [1.29, 1.82) is 0 Å². The minimum Gasteiger partial charge on any atom is -0.311 e. The zero-order valence-electron chi connectivity index (χ0n) is 14.4. The van der Waals surface area contributed by atoms with Crippen LogP contribution in [0, 0.1) is 0 Å². The third-order valence-electron chi connectivity index (χ3n) is 4.22. The number of unbranched alkanes of at least 4 members (excludes halogenated alkanes) is 4. The Bertz CT molecular complexity index is 323. The Kier molecular flexibility index (Phi) is 10.2. The van der Waals surface area contributed by atoms with Crippen LogP contribution in [0.2, 0.25) is 0 Å². The van der Waals surface area contributed by atoms with Crippen LogP contribution in [0.3, 0.4) is 0 Å². The van der Waals surface area contributed by atoms with Gasteiger partial charge in [-0.15, -0.1) is 0 Å². The fraction of sp³-hybridized carbons (Fsp3) is 0.700. The first kappa shape index (κ1) is 18.2. The number of benzene rings is 1. The fourth-order valence-corrected chi connectivity index (χ4v) is 3.02. The number of nitrogens with one attached hydrogen (secondary N) is 1. The minimum absolute atomic E-state index is 0.570. The van der Waals surface area contributed by atoms with Crippen molar-refractivity contribution in [1.82, 2.24) is 5.32 Å². The van der Waals surface area contributed by atoms with Gasteiger partial charge in [0.05, 0.1) is 0 Å². The first-order valence-electron chi connectivity index (χ1n) is 9.06. The molecule has 1 rings (SSSR count). The van der Waals surface area contributed by atoms with Gasteiger partial charge in [-0.05, 0) is 31.7 Å².